The minimum atomic E-state index is 0.695. The van der Waals surface area contributed by atoms with E-state index >= 15 is 0 Å². The highest BCUT2D eigenvalue weighted by Crippen LogP contribution is 2.13. The number of rotatable bonds is 33. The van der Waals surface area contributed by atoms with Gasteiger partial charge < -0.3 is 14.2 Å². The Bertz CT molecular complexity index is 327. The molecule has 0 aromatic carbocycles. The molecule has 0 fully saturated rings. The fourth-order valence-corrected chi connectivity index (χ4v) is 4.81. The highest BCUT2D eigenvalue weighted by atomic mass is 16.5. The van der Waals surface area contributed by atoms with Gasteiger partial charge in [0.25, 0.3) is 0 Å². The molecule has 36 heavy (non-hydrogen) atoms. The van der Waals surface area contributed by atoms with Crippen LogP contribution in [0.15, 0.2) is 0 Å². The summed E-state index contributed by atoms with van der Waals surface area (Å²) >= 11 is 0. The summed E-state index contributed by atoms with van der Waals surface area (Å²) in [4.78, 5) is 0. The molecule has 3 heteroatoms. The fraction of sp³-hybridized carbons (Fsp3) is 1.00. The van der Waals surface area contributed by atoms with Gasteiger partial charge in [0.2, 0.25) is 0 Å². The molecule has 0 atom stereocenters. The summed E-state index contributed by atoms with van der Waals surface area (Å²) in [7, 11) is 0. The van der Waals surface area contributed by atoms with Crippen LogP contribution in [0.2, 0.25) is 0 Å². The molecular weight excluding hydrogens is 444 g/mol. The molecule has 0 N–H and O–H groups in total. The van der Waals surface area contributed by atoms with Gasteiger partial charge >= 0.3 is 0 Å². The molecule has 218 valence electrons. The van der Waals surface area contributed by atoms with Gasteiger partial charge in [0.15, 0.2) is 0 Å². The second-order valence-electron chi connectivity index (χ2n) is 11.0. The predicted octanol–water partition coefficient (Wildman–Crippen LogP) is 10.8. The van der Waals surface area contributed by atoms with Crippen molar-refractivity contribution in [3.8, 4) is 0 Å². The monoisotopic (exact) mass is 513 g/mol. The predicted molar refractivity (Wildman–Crippen MR) is 159 cm³/mol. The molecule has 0 aromatic heterocycles. The van der Waals surface area contributed by atoms with Crippen molar-refractivity contribution in [2.75, 3.05) is 39.6 Å². The first-order chi connectivity index (χ1) is 17.9. The summed E-state index contributed by atoms with van der Waals surface area (Å²) in [6.07, 6.45) is 34.8. The van der Waals surface area contributed by atoms with E-state index < -0.39 is 0 Å². The molecule has 0 aliphatic carbocycles. The third-order valence-electron chi connectivity index (χ3n) is 7.28. The van der Waals surface area contributed by atoms with E-state index in [9.17, 15) is 0 Å². The van der Waals surface area contributed by atoms with Crippen LogP contribution in [0.4, 0.5) is 0 Å². The maximum Gasteiger partial charge on any atom is 0.0701 e. The largest absolute Gasteiger partial charge is 0.379 e. The van der Waals surface area contributed by atoms with E-state index in [0.29, 0.717) is 13.2 Å². The van der Waals surface area contributed by atoms with Crippen molar-refractivity contribution < 1.29 is 14.2 Å². The Balaban J connectivity index is 3.00. The molecule has 0 bridgehead atoms. The highest BCUT2D eigenvalue weighted by molar-refractivity contribution is 4.50. The minimum absolute atomic E-state index is 0.695. The van der Waals surface area contributed by atoms with Gasteiger partial charge in [-0.1, -0.05) is 162 Å². The Morgan fingerprint density at radius 1 is 0.222 bits per heavy atom. The van der Waals surface area contributed by atoms with Crippen LogP contribution in [0.3, 0.4) is 0 Å². The molecule has 0 saturated carbocycles. The molecule has 3 nitrogen and oxygen atoms in total. The normalized spacial score (nSPS) is 11.5. The molecule has 0 spiro atoms. The maximum atomic E-state index is 5.70. The zero-order valence-electron chi connectivity index (χ0n) is 25.1. The average molecular weight is 513 g/mol. The van der Waals surface area contributed by atoms with E-state index in [-0.39, 0.29) is 0 Å². The molecule has 0 aliphatic heterocycles. The van der Waals surface area contributed by atoms with Crippen LogP contribution >= 0.6 is 0 Å². The molecular formula is C33H68O3. The van der Waals surface area contributed by atoms with Gasteiger partial charge in [-0.15, -0.1) is 0 Å². The lowest BCUT2D eigenvalue weighted by Gasteiger charge is -2.07. The van der Waals surface area contributed by atoms with Crippen LogP contribution in [0.1, 0.15) is 174 Å². The van der Waals surface area contributed by atoms with Crippen molar-refractivity contribution >= 4 is 0 Å². The topological polar surface area (TPSA) is 27.7 Å². The lowest BCUT2D eigenvalue weighted by molar-refractivity contribution is 0.0132. The van der Waals surface area contributed by atoms with Gasteiger partial charge in [-0.05, 0) is 12.8 Å². The first-order valence-electron chi connectivity index (χ1n) is 16.6. The van der Waals surface area contributed by atoms with E-state index in [1.165, 1.54) is 161 Å². The van der Waals surface area contributed by atoms with Crippen molar-refractivity contribution in [3.05, 3.63) is 0 Å². The zero-order chi connectivity index (χ0) is 26.0. The van der Waals surface area contributed by atoms with Crippen molar-refractivity contribution in [1.82, 2.24) is 0 Å². The summed E-state index contributed by atoms with van der Waals surface area (Å²) < 4.78 is 17.0. The quantitative estimate of drug-likeness (QED) is 0.0818. The average Bonchev–Trinajstić information content (AvgIpc) is 2.89. The van der Waals surface area contributed by atoms with Gasteiger partial charge in [-0.25, -0.2) is 0 Å². The molecule has 0 aromatic rings. The number of ether oxygens (including phenoxy) is 3. The van der Waals surface area contributed by atoms with E-state index in [2.05, 4.69) is 13.8 Å². The summed E-state index contributed by atoms with van der Waals surface area (Å²) in [5.74, 6) is 0. The molecule has 0 amide bonds. The highest BCUT2D eigenvalue weighted by Gasteiger charge is 1.96. The lowest BCUT2D eigenvalue weighted by atomic mass is 10.0. The lowest BCUT2D eigenvalue weighted by Crippen LogP contribution is -2.10. The van der Waals surface area contributed by atoms with Gasteiger partial charge in [0, 0.05) is 13.2 Å². The van der Waals surface area contributed by atoms with Crippen LogP contribution in [-0.2, 0) is 14.2 Å². The summed E-state index contributed by atoms with van der Waals surface area (Å²) in [5, 5.41) is 0. The van der Waals surface area contributed by atoms with Crippen molar-refractivity contribution in [1.29, 1.82) is 0 Å². The number of hydrogen-bond acceptors (Lipinski definition) is 3. The van der Waals surface area contributed by atoms with E-state index in [1.54, 1.807) is 0 Å². The Morgan fingerprint density at radius 2 is 0.417 bits per heavy atom. The van der Waals surface area contributed by atoms with Crippen LogP contribution in [0, 0.1) is 0 Å². The summed E-state index contributed by atoms with van der Waals surface area (Å²) in [6.45, 7) is 9.18. The first kappa shape index (κ1) is 35.9. The fourth-order valence-electron chi connectivity index (χ4n) is 4.81. The second-order valence-corrected chi connectivity index (χ2v) is 11.0. The summed E-state index contributed by atoms with van der Waals surface area (Å²) in [5.41, 5.74) is 0. The van der Waals surface area contributed by atoms with Crippen LogP contribution in [0.5, 0.6) is 0 Å². The molecule has 0 heterocycles. The zero-order valence-corrected chi connectivity index (χ0v) is 25.1. The Labute approximate surface area is 228 Å². The van der Waals surface area contributed by atoms with Gasteiger partial charge in [-0.3, -0.25) is 0 Å². The van der Waals surface area contributed by atoms with Crippen molar-refractivity contribution in [2.45, 2.75) is 174 Å². The molecule has 0 unspecified atom stereocenters. The van der Waals surface area contributed by atoms with Crippen LogP contribution < -0.4 is 0 Å². The Morgan fingerprint density at radius 3 is 0.667 bits per heavy atom. The second kappa shape index (κ2) is 34.9. The first-order valence-corrected chi connectivity index (χ1v) is 16.6. The molecule has 0 saturated heterocycles. The molecule has 0 aliphatic rings. The van der Waals surface area contributed by atoms with E-state index in [0.717, 1.165) is 26.4 Å². The third-order valence-corrected chi connectivity index (χ3v) is 7.28. The van der Waals surface area contributed by atoms with Crippen LogP contribution in [0.25, 0.3) is 0 Å². The number of hydrogen-bond donors (Lipinski definition) is 0. The smallest absolute Gasteiger partial charge is 0.0701 e. The van der Waals surface area contributed by atoms with E-state index in [4.69, 9.17) is 14.2 Å². The third kappa shape index (κ3) is 33.9. The maximum absolute atomic E-state index is 5.70. The van der Waals surface area contributed by atoms with Crippen molar-refractivity contribution in [3.63, 3.8) is 0 Å². The molecule has 0 rings (SSSR count). The van der Waals surface area contributed by atoms with Crippen molar-refractivity contribution in [2.24, 2.45) is 0 Å². The molecule has 0 radical (unpaired) electrons. The van der Waals surface area contributed by atoms with Gasteiger partial charge in [0.1, 0.15) is 0 Å². The van der Waals surface area contributed by atoms with Gasteiger partial charge in [-0.2, -0.15) is 0 Å². The Hall–Kier alpha value is -0.120. The van der Waals surface area contributed by atoms with Gasteiger partial charge in [0.05, 0.1) is 26.4 Å². The van der Waals surface area contributed by atoms with E-state index in [1.807, 2.05) is 0 Å². The number of unbranched alkanes of at least 4 members (excludes halogenated alkanes) is 23. The summed E-state index contributed by atoms with van der Waals surface area (Å²) in [6, 6.07) is 0. The minimum Gasteiger partial charge on any atom is -0.379 e. The SMILES string of the molecule is CCCCCCCCCCCCCCCCOCCOCCOCCCCCCCCCCCCC. The standard InChI is InChI=1S/C33H68O3/c1-3-5-7-9-11-13-15-16-17-19-21-23-25-27-29-35-31-33-36-32-30-34-28-26-24-22-20-18-14-12-10-8-6-4-2/h3-33H2,1-2H3. The Kier molecular flexibility index (Phi) is 34.8. The van der Waals surface area contributed by atoms with Crippen LogP contribution in [-0.4, -0.2) is 39.6 Å².